The van der Waals surface area contributed by atoms with Gasteiger partial charge < -0.3 is 9.88 Å². The number of piperidine rings is 1. The molecule has 1 aromatic heterocycles. The van der Waals surface area contributed by atoms with E-state index in [9.17, 15) is 0 Å². The zero-order chi connectivity index (χ0) is 10.5. The van der Waals surface area contributed by atoms with E-state index in [2.05, 4.69) is 14.9 Å². The molecule has 0 saturated carbocycles. The van der Waals surface area contributed by atoms with Crippen molar-refractivity contribution in [2.24, 2.45) is 7.05 Å². The maximum absolute atomic E-state index is 4.30. The molecule has 16 heavy (non-hydrogen) atoms. The number of aromatic nitrogens is 2. The summed E-state index contributed by atoms with van der Waals surface area (Å²) in [6, 6.07) is 0.742. The number of rotatable bonds is 4. The molecule has 1 aromatic rings. The number of aryl methyl sites for hydroxylation is 1. The highest BCUT2D eigenvalue weighted by Crippen LogP contribution is 2.18. The molecule has 1 fully saturated rings. The second kappa shape index (κ2) is 7.20. The average Bonchev–Trinajstić information content (AvgIpc) is 2.66. The van der Waals surface area contributed by atoms with Crippen molar-refractivity contribution in [1.29, 1.82) is 0 Å². The van der Waals surface area contributed by atoms with Crippen LogP contribution in [0.1, 0.15) is 25.7 Å². The van der Waals surface area contributed by atoms with E-state index in [1.165, 1.54) is 38.0 Å². The molecule has 1 saturated heterocycles. The third-order valence-electron chi connectivity index (χ3n) is 2.89. The van der Waals surface area contributed by atoms with E-state index in [1.54, 1.807) is 0 Å². The van der Waals surface area contributed by atoms with Crippen molar-refractivity contribution in [3.05, 3.63) is 12.4 Å². The Bertz CT molecular complexity index is 297. The number of nitrogens with one attached hydrogen (secondary N) is 1. The van der Waals surface area contributed by atoms with Crippen LogP contribution in [0.2, 0.25) is 0 Å². The highest BCUT2D eigenvalue weighted by molar-refractivity contribution is 7.99. The fourth-order valence-electron chi connectivity index (χ4n) is 1.95. The van der Waals surface area contributed by atoms with Gasteiger partial charge in [-0.2, -0.15) is 0 Å². The summed E-state index contributed by atoms with van der Waals surface area (Å²) in [5.74, 6) is 1.17. The van der Waals surface area contributed by atoms with Gasteiger partial charge in [-0.05, 0) is 25.8 Å². The summed E-state index contributed by atoms with van der Waals surface area (Å²) in [4.78, 5) is 4.30. The van der Waals surface area contributed by atoms with Gasteiger partial charge in [-0.1, -0.05) is 18.2 Å². The van der Waals surface area contributed by atoms with E-state index in [0.717, 1.165) is 11.2 Å². The number of nitrogens with zero attached hydrogens (tertiary/aromatic N) is 2. The first-order valence-electron chi connectivity index (χ1n) is 5.70. The average molecular weight is 262 g/mol. The Morgan fingerprint density at radius 3 is 3.06 bits per heavy atom. The maximum atomic E-state index is 4.30. The Labute approximate surface area is 108 Å². The van der Waals surface area contributed by atoms with Crippen LogP contribution in [0.25, 0.3) is 0 Å². The molecular weight excluding hydrogens is 242 g/mol. The summed E-state index contributed by atoms with van der Waals surface area (Å²) >= 11 is 1.86. The van der Waals surface area contributed by atoms with Crippen molar-refractivity contribution in [2.45, 2.75) is 36.9 Å². The first kappa shape index (κ1) is 13.9. The smallest absolute Gasteiger partial charge is 0.167 e. The molecule has 3 nitrogen and oxygen atoms in total. The van der Waals surface area contributed by atoms with Crippen molar-refractivity contribution >= 4 is 24.2 Å². The number of thioether (sulfide) groups is 1. The van der Waals surface area contributed by atoms with Gasteiger partial charge in [0, 0.05) is 31.2 Å². The van der Waals surface area contributed by atoms with Gasteiger partial charge in [0.15, 0.2) is 5.16 Å². The van der Waals surface area contributed by atoms with E-state index in [1.807, 2.05) is 31.2 Å². The van der Waals surface area contributed by atoms with Crippen LogP contribution < -0.4 is 5.32 Å². The molecule has 2 rings (SSSR count). The fraction of sp³-hybridized carbons (Fsp3) is 0.727. The number of hydrogen-bond acceptors (Lipinski definition) is 3. The van der Waals surface area contributed by atoms with Crippen LogP contribution in [0, 0.1) is 0 Å². The van der Waals surface area contributed by atoms with Crippen molar-refractivity contribution in [3.8, 4) is 0 Å². The standard InChI is InChI=1S/C11H19N3S.ClH/c1-14-8-7-13-11(14)15-9-5-10-4-2-3-6-12-10;/h7-8,10,12H,2-6,9H2,1H3;1H. The monoisotopic (exact) mass is 261 g/mol. The molecule has 0 spiro atoms. The third-order valence-corrected chi connectivity index (χ3v) is 3.98. The number of imidazole rings is 1. The Morgan fingerprint density at radius 1 is 1.56 bits per heavy atom. The molecule has 0 amide bonds. The molecule has 0 bridgehead atoms. The van der Waals surface area contributed by atoms with Crippen LogP contribution in [0.15, 0.2) is 17.6 Å². The van der Waals surface area contributed by atoms with E-state index < -0.39 is 0 Å². The van der Waals surface area contributed by atoms with E-state index in [0.29, 0.717) is 0 Å². The Balaban J connectivity index is 0.00000128. The van der Waals surface area contributed by atoms with Crippen LogP contribution in [0.3, 0.4) is 0 Å². The predicted molar refractivity (Wildman–Crippen MR) is 71.4 cm³/mol. The molecule has 1 aliphatic heterocycles. The molecule has 2 heterocycles. The number of halogens is 1. The maximum Gasteiger partial charge on any atom is 0.167 e. The van der Waals surface area contributed by atoms with Gasteiger partial charge in [0.1, 0.15) is 0 Å². The molecular formula is C11H20ClN3S. The molecule has 1 unspecified atom stereocenters. The summed E-state index contributed by atoms with van der Waals surface area (Å²) in [7, 11) is 2.05. The highest BCUT2D eigenvalue weighted by Gasteiger charge is 2.12. The lowest BCUT2D eigenvalue weighted by atomic mass is 10.0. The zero-order valence-electron chi connectivity index (χ0n) is 9.69. The second-order valence-corrected chi connectivity index (χ2v) is 5.17. The van der Waals surface area contributed by atoms with E-state index in [4.69, 9.17) is 0 Å². The van der Waals surface area contributed by atoms with E-state index >= 15 is 0 Å². The zero-order valence-corrected chi connectivity index (χ0v) is 11.3. The first-order chi connectivity index (χ1) is 7.36. The van der Waals surface area contributed by atoms with Crippen molar-refractivity contribution in [2.75, 3.05) is 12.3 Å². The molecule has 0 aromatic carbocycles. The van der Waals surface area contributed by atoms with Crippen LogP contribution in [-0.4, -0.2) is 27.9 Å². The topological polar surface area (TPSA) is 29.9 Å². The van der Waals surface area contributed by atoms with Crippen LogP contribution in [0.4, 0.5) is 0 Å². The largest absolute Gasteiger partial charge is 0.329 e. The fourth-order valence-corrected chi connectivity index (χ4v) is 2.94. The summed E-state index contributed by atoms with van der Waals surface area (Å²) in [5, 5.41) is 4.70. The lowest BCUT2D eigenvalue weighted by Crippen LogP contribution is -2.34. The Hall–Kier alpha value is -0.190. The van der Waals surface area contributed by atoms with Gasteiger partial charge in [0.2, 0.25) is 0 Å². The van der Waals surface area contributed by atoms with Gasteiger partial charge in [-0.15, -0.1) is 12.4 Å². The van der Waals surface area contributed by atoms with Crippen LogP contribution in [-0.2, 0) is 7.05 Å². The molecule has 92 valence electrons. The van der Waals surface area contributed by atoms with Crippen molar-refractivity contribution in [3.63, 3.8) is 0 Å². The minimum Gasteiger partial charge on any atom is -0.329 e. The van der Waals surface area contributed by atoms with Gasteiger partial charge in [-0.3, -0.25) is 0 Å². The predicted octanol–water partition coefficient (Wildman–Crippen LogP) is 2.47. The highest BCUT2D eigenvalue weighted by atomic mass is 35.5. The summed E-state index contributed by atoms with van der Waals surface area (Å²) in [6.45, 7) is 1.21. The Morgan fingerprint density at radius 2 is 2.44 bits per heavy atom. The Kier molecular flexibility index (Phi) is 6.24. The van der Waals surface area contributed by atoms with Gasteiger partial charge in [0.25, 0.3) is 0 Å². The summed E-state index contributed by atoms with van der Waals surface area (Å²) < 4.78 is 2.08. The molecule has 1 atom stereocenters. The summed E-state index contributed by atoms with van der Waals surface area (Å²) in [5.41, 5.74) is 0. The molecule has 0 radical (unpaired) electrons. The van der Waals surface area contributed by atoms with Gasteiger partial charge in [0.05, 0.1) is 0 Å². The lowest BCUT2D eigenvalue weighted by molar-refractivity contribution is 0.394. The third kappa shape index (κ3) is 4.00. The summed E-state index contributed by atoms with van der Waals surface area (Å²) in [6.07, 6.45) is 9.22. The molecule has 5 heteroatoms. The normalized spacial score (nSPS) is 20.4. The lowest BCUT2D eigenvalue weighted by Gasteiger charge is -2.22. The minimum absolute atomic E-state index is 0. The molecule has 0 aliphatic carbocycles. The van der Waals surface area contributed by atoms with Crippen LogP contribution in [0.5, 0.6) is 0 Å². The quantitative estimate of drug-likeness (QED) is 0.845. The molecule has 1 aliphatic rings. The van der Waals surface area contributed by atoms with Crippen molar-refractivity contribution in [1.82, 2.24) is 14.9 Å². The van der Waals surface area contributed by atoms with E-state index in [-0.39, 0.29) is 12.4 Å². The minimum atomic E-state index is 0. The van der Waals surface area contributed by atoms with Gasteiger partial charge in [-0.25, -0.2) is 4.98 Å². The first-order valence-corrected chi connectivity index (χ1v) is 6.68. The van der Waals surface area contributed by atoms with Crippen molar-refractivity contribution < 1.29 is 0 Å². The molecule has 1 N–H and O–H groups in total. The van der Waals surface area contributed by atoms with Gasteiger partial charge >= 0.3 is 0 Å². The second-order valence-electron chi connectivity index (χ2n) is 4.10. The number of hydrogen-bond donors (Lipinski definition) is 1. The SMILES string of the molecule is Cl.Cn1ccnc1SCCC1CCCCN1. The van der Waals surface area contributed by atoms with Crippen LogP contribution >= 0.6 is 24.2 Å².